The normalized spacial score (nSPS) is 11.7. The Kier molecular flexibility index (Phi) is 6.29. The summed E-state index contributed by atoms with van der Waals surface area (Å²) in [7, 11) is 1.59. The van der Waals surface area contributed by atoms with Crippen molar-refractivity contribution < 1.29 is 9.59 Å². The lowest BCUT2D eigenvalue weighted by Crippen LogP contribution is -2.26. The Hall–Kier alpha value is -2.21. The van der Waals surface area contributed by atoms with Crippen LogP contribution in [0.15, 0.2) is 48.8 Å². The van der Waals surface area contributed by atoms with Crippen molar-refractivity contribution in [2.75, 3.05) is 24.4 Å². The molecule has 2 rings (SSSR count). The van der Waals surface area contributed by atoms with Crippen LogP contribution in [-0.2, 0) is 4.79 Å². The fourth-order valence-corrected chi connectivity index (χ4v) is 2.73. The van der Waals surface area contributed by atoms with Crippen LogP contribution in [0.3, 0.4) is 0 Å². The third kappa shape index (κ3) is 4.63. The van der Waals surface area contributed by atoms with Gasteiger partial charge in [0, 0.05) is 30.7 Å². The number of anilines is 1. The van der Waals surface area contributed by atoms with E-state index in [0.29, 0.717) is 11.3 Å². The van der Waals surface area contributed by atoms with Crippen LogP contribution >= 0.6 is 11.8 Å². The van der Waals surface area contributed by atoms with E-state index in [1.54, 1.807) is 43.1 Å². The zero-order chi connectivity index (χ0) is 16.7. The summed E-state index contributed by atoms with van der Waals surface area (Å²) < 4.78 is 1.92. The molecule has 0 spiro atoms. The molecule has 0 aliphatic rings. The highest BCUT2D eigenvalue weighted by Crippen LogP contribution is 2.18. The van der Waals surface area contributed by atoms with E-state index >= 15 is 0 Å². The summed E-state index contributed by atoms with van der Waals surface area (Å²) >= 11 is 1.72. The number of thioether (sulfide) groups is 1. The van der Waals surface area contributed by atoms with Crippen molar-refractivity contribution in [1.82, 2.24) is 9.88 Å². The third-order valence-electron chi connectivity index (χ3n) is 3.53. The third-order valence-corrected chi connectivity index (χ3v) is 4.17. The number of rotatable bonds is 7. The molecule has 0 fully saturated rings. The Morgan fingerprint density at radius 2 is 1.83 bits per heavy atom. The quantitative estimate of drug-likeness (QED) is 0.820. The molecule has 0 aliphatic heterocycles. The molecule has 122 valence electrons. The largest absolute Gasteiger partial charge is 0.355 e. The molecule has 0 bridgehead atoms. The Balaban J connectivity index is 2.07. The molecule has 0 radical (unpaired) electrons. The van der Waals surface area contributed by atoms with Gasteiger partial charge in [0.05, 0.1) is 0 Å². The summed E-state index contributed by atoms with van der Waals surface area (Å²) in [6.45, 7) is 0. The average Bonchev–Trinajstić information content (AvgIpc) is 3.09. The van der Waals surface area contributed by atoms with Crippen molar-refractivity contribution in [3.05, 3.63) is 54.4 Å². The number of carbonyl (C=O) groups excluding carboxylic acids is 2. The van der Waals surface area contributed by atoms with Gasteiger partial charge in [-0.2, -0.15) is 11.8 Å². The molecular weight excluding hydrogens is 310 g/mol. The molecule has 1 aromatic carbocycles. The molecule has 1 heterocycles. The van der Waals surface area contributed by atoms with E-state index in [-0.39, 0.29) is 17.9 Å². The molecule has 5 nitrogen and oxygen atoms in total. The second-order valence-corrected chi connectivity index (χ2v) is 6.06. The highest BCUT2D eigenvalue weighted by molar-refractivity contribution is 7.98. The van der Waals surface area contributed by atoms with Gasteiger partial charge in [0.2, 0.25) is 5.91 Å². The minimum absolute atomic E-state index is 0.0528. The predicted octanol–water partition coefficient (Wildman–Crippen LogP) is 2.78. The van der Waals surface area contributed by atoms with Crippen molar-refractivity contribution in [1.29, 1.82) is 0 Å². The van der Waals surface area contributed by atoms with Gasteiger partial charge in [0.1, 0.15) is 6.04 Å². The topological polar surface area (TPSA) is 63.1 Å². The molecule has 6 heteroatoms. The lowest BCUT2D eigenvalue weighted by atomic mass is 10.1. The summed E-state index contributed by atoms with van der Waals surface area (Å²) in [4.78, 5) is 24.1. The fraction of sp³-hybridized carbons (Fsp3) is 0.294. The van der Waals surface area contributed by atoms with Gasteiger partial charge in [-0.1, -0.05) is 0 Å². The molecule has 0 unspecified atom stereocenters. The van der Waals surface area contributed by atoms with Gasteiger partial charge in [-0.3, -0.25) is 9.59 Å². The number of nitrogens with zero attached hydrogens (tertiary/aromatic N) is 1. The van der Waals surface area contributed by atoms with E-state index in [9.17, 15) is 9.59 Å². The summed E-state index contributed by atoms with van der Waals surface area (Å²) in [6, 6.07) is 10.5. The SMILES string of the molecule is CNC(=O)c1ccc(NC(=O)[C@H](CCSC)n2cccc2)cc1. The second kappa shape index (κ2) is 8.43. The van der Waals surface area contributed by atoms with Gasteiger partial charge in [0.25, 0.3) is 5.91 Å². The molecule has 0 saturated carbocycles. The first-order valence-corrected chi connectivity index (χ1v) is 8.79. The highest BCUT2D eigenvalue weighted by Gasteiger charge is 2.19. The molecule has 1 aromatic heterocycles. The van der Waals surface area contributed by atoms with Crippen molar-refractivity contribution in [3.8, 4) is 0 Å². The van der Waals surface area contributed by atoms with E-state index in [1.165, 1.54) is 0 Å². The molecule has 2 N–H and O–H groups in total. The summed E-state index contributed by atoms with van der Waals surface area (Å²) in [5, 5.41) is 5.49. The molecule has 0 aliphatic carbocycles. The van der Waals surface area contributed by atoms with Crippen LogP contribution in [0, 0.1) is 0 Å². The summed E-state index contributed by atoms with van der Waals surface area (Å²) in [6.07, 6.45) is 6.60. The maximum Gasteiger partial charge on any atom is 0.251 e. The van der Waals surface area contributed by atoms with E-state index in [2.05, 4.69) is 10.6 Å². The summed E-state index contributed by atoms with van der Waals surface area (Å²) in [5.74, 6) is 0.710. The molecule has 0 saturated heterocycles. The van der Waals surface area contributed by atoms with Crippen LogP contribution in [0.2, 0.25) is 0 Å². The number of aromatic nitrogens is 1. The predicted molar refractivity (Wildman–Crippen MR) is 94.9 cm³/mol. The van der Waals surface area contributed by atoms with E-state index < -0.39 is 0 Å². The fourth-order valence-electron chi connectivity index (χ4n) is 2.28. The second-order valence-electron chi connectivity index (χ2n) is 5.07. The Morgan fingerprint density at radius 1 is 1.17 bits per heavy atom. The van der Waals surface area contributed by atoms with Gasteiger partial charge in [-0.25, -0.2) is 0 Å². The Labute approximate surface area is 140 Å². The number of hydrogen-bond donors (Lipinski definition) is 2. The lowest BCUT2D eigenvalue weighted by Gasteiger charge is -2.18. The lowest BCUT2D eigenvalue weighted by molar-refractivity contribution is -0.119. The molecule has 2 aromatic rings. The first-order valence-electron chi connectivity index (χ1n) is 7.40. The van der Waals surface area contributed by atoms with Gasteiger partial charge in [-0.15, -0.1) is 0 Å². The molecule has 1 atom stereocenters. The smallest absolute Gasteiger partial charge is 0.251 e. The minimum atomic E-state index is -0.240. The molecular formula is C17H21N3O2S. The van der Waals surface area contributed by atoms with E-state index in [0.717, 1.165) is 12.2 Å². The monoisotopic (exact) mass is 331 g/mol. The van der Waals surface area contributed by atoms with Crippen LogP contribution < -0.4 is 10.6 Å². The molecule has 23 heavy (non-hydrogen) atoms. The van der Waals surface area contributed by atoms with Crippen LogP contribution in [0.25, 0.3) is 0 Å². The van der Waals surface area contributed by atoms with Gasteiger partial charge in [0.15, 0.2) is 0 Å². The number of amides is 2. The Morgan fingerprint density at radius 3 is 2.39 bits per heavy atom. The zero-order valence-electron chi connectivity index (χ0n) is 13.3. The number of nitrogens with one attached hydrogen (secondary N) is 2. The minimum Gasteiger partial charge on any atom is -0.355 e. The van der Waals surface area contributed by atoms with Crippen molar-refractivity contribution in [2.45, 2.75) is 12.5 Å². The van der Waals surface area contributed by atoms with Crippen molar-refractivity contribution in [2.24, 2.45) is 0 Å². The van der Waals surface area contributed by atoms with Crippen molar-refractivity contribution >= 4 is 29.3 Å². The van der Waals surface area contributed by atoms with E-state index in [4.69, 9.17) is 0 Å². The average molecular weight is 331 g/mol. The number of hydrogen-bond acceptors (Lipinski definition) is 3. The zero-order valence-corrected chi connectivity index (χ0v) is 14.1. The van der Waals surface area contributed by atoms with Gasteiger partial charge in [-0.05, 0) is 54.8 Å². The van der Waals surface area contributed by atoms with Crippen LogP contribution in [0.1, 0.15) is 22.8 Å². The number of carbonyl (C=O) groups is 2. The molecule has 2 amide bonds. The summed E-state index contributed by atoms with van der Waals surface area (Å²) in [5.41, 5.74) is 1.25. The first kappa shape index (κ1) is 17.1. The number of benzene rings is 1. The van der Waals surface area contributed by atoms with Crippen LogP contribution in [0.5, 0.6) is 0 Å². The highest BCUT2D eigenvalue weighted by atomic mass is 32.2. The van der Waals surface area contributed by atoms with Crippen LogP contribution in [0.4, 0.5) is 5.69 Å². The standard InChI is InChI=1S/C17H21N3O2S/c1-18-16(21)13-5-7-14(8-6-13)19-17(22)15(9-12-23-2)20-10-3-4-11-20/h3-8,10-11,15H,9,12H2,1-2H3,(H,18,21)(H,19,22)/t15-/m0/s1. The maximum absolute atomic E-state index is 12.6. The van der Waals surface area contributed by atoms with Gasteiger partial charge < -0.3 is 15.2 Å². The first-order chi connectivity index (χ1) is 11.2. The maximum atomic E-state index is 12.6. The van der Waals surface area contributed by atoms with Crippen molar-refractivity contribution in [3.63, 3.8) is 0 Å². The van der Waals surface area contributed by atoms with Crippen LogP contribution in [-0.4, -0.2) is 35.4 Å². The van der Waals surface area contributed by atoms with E-state index in [1.807, 2.05) is 35.3 Å². The van der Waals surface area contributed by atoms with Gasteiger partial charge >= 0.3 is 0 Å². The Bertz CT molecular complexity index is 638.